The average Bonchev–Trinajstić information content (AvgIpc) is 3.83. The molecule has 39 heavy (non-hydrogen) atoms. The molecule has 0 radical (unpaired) electrons. The molecule has 1 aliphatic heterocycles. The van der Waals surface area contributed by atoms with Crippen LogP contribution in [0.2, 0.25) is 0 Å². The van der Waals surface area contributed by atoms with E-state index in [1.165, 1.54) is 0 Å². The fraction of sp³-hybridized carbons (Fsp3) is 0.593. The maximum Gasteiger partial charge on any atom is 0.408 e. The third-order valence-electron chi connectivity index (χ3n) is 8.31. The summed E-state index contributed by atoms with van der Waals surface area (Å²) >= 11 is 0. The van der Waals surface area contributed by atoms with Gasteiger partial charge < -0.3 is 10.6 Å². The molecule has 0 bridgehead atoms. The van der Waals surface area contributed by atoms with Crippen molar-refractivity contribution in [2.24, 2.45) is 23.7 Å². The zero-order chi connectivity index (χ0) is 27.3. The molecule has 2 saturated carbocycles. The van der Waals surface area contributed by atoms with Gasteiger partial charge in [-0.1, -0.05) is 0 Å². The fourth-order valence-electron chi connectivity index (χ4n) is 6.00. The zero-order valence-electron chi connectivity index (χ0n) is 21.7. The first-order valence-electron chi connectivity index (χ1n) is 13.8. The van der Waals surface area contributed by atoms with E-state index < -0.39 is 24.0 Å². The van der Waals surface area contributed by atoms with Crippen molar-refractivity contribution in [3.63, 3.8) is 0 Å². The Labute approximate surface area is 223 Å². The molecule has 2 aliphatic carbocycles. The number of carbonyl (C=O) groups excluding carboxylic acids is 2. The van der Waals surface area contributed by atoms with Gasteiger partial charge in [0.25, 0.3) is 5.91 Å². The van der Waals surface area contributed by atoms with Crippen LogP contribution in [0.25, 0.3) is 5.65 Å². The van der Waals surface area contributed by atoms with Gasteiger partial charge in [-0.3, -0.25) is 14.3 Å². The van der Waals surface area contributed by atoms with Crippen molar-refractivity contribution in [2.45, 2.75) is 76.7 Å². The number of piperidine rings is 1. The lowest BCUT2D eigenvalue weighted by molar-refractivity contribution is -0.169. The zero-order valence-corrected chi connectivity index (χ0v) is 21.7. The van der Waals surface area contributed by atoms with Crippen LogP contribution in [0.15, 0.2) is 30.6 Å². The minimum Gasteiger partial charge on any atom is -0.344 e. The molecule has 6 rings (SSSR count). The van der Waals surface area contributed by atoms with Crippen molar-refractivity contribution in [1.82, 2.24) is 35.0 Å². The molecule has 3 unspecified atom stereocenters. The van der Waals surface area contributed by atoms with E-state index in [9.17, 15) is 22.8 Å². The number of nitrogens with zero attached hydrogens (tertiary/aromatic N) is 5. The molecule has 0 spiro atoms. The molecule has 1 saturated heterocycles. The molecule has 0 aromatic carbocycles. The van der Waals surface area contributed by atoms with E-state index in [1.807, 2.05) is 13.1 Å². The highest BCUT2D eigenvalue weighted by Gasteiger charge is 2.47. The van der Waals surface area contributed by atoms with Crippen LogP contribution in [-0.2, 0) is 17.8 Å². The van der Waals surface area contributed by atoms with Gasteiger partial charge in [-0.15, -0.1) is 0 Å². The fourth-order valence-corrected chi connectivity index (χ4v) is 6.00. The molecule has 3 atom stereocenters. The Morgan fingerprint density at radius 3 is 2.51 bits per heavy atom. The average molecular weight is 544 g/mol. The van der Waals surface area contributed by atoms with Crippen molar-refractivity contribution in [1.29, 1.82) is 0 Å². The molecule has 12 heteroatoms. The summed E-state index contributed by atoms with van der Waals surface area (Å²) in [5.41, 5.74) is 2.46. The number of fused-ring (bicyclic) bond motifs is 1. The number of alkyl halides is 3. The van der Waals surface area contributed by atoms with Crippen molar-refractivity contribution in [2.75, 3.05) is 0 Å². The number of halogens is 3. The van der Waals surface area contributed by atoms with Crippen molar-refractivity contribution in [3.05, 3.63) is 47.7 Å². The number of rotatable bonds is 9. The summed E-state index contributed by atoms with van der Waals surface area (Å²) in [6.45, 7) is 2.53. The predicted octanol–water partition coefficient (Wildman–Crippen LogP) is 3.85. The van der Waals surface area contributed by atoms with E-state index >= 15 is 0 Å². The summed E-state index contributed by atoms with van der Waals surface area (Å²) in [6, 6.07) is 3.23. The number of aryl methyl sites for hydroxylation is 1. The van der Waals surface area contributed by atoms with Gasteiger partial charge in [0.15, 0.2) is 5.65 Å². The van der Waals surface area contributed by atoms with Gasteiger partial charge in [0.05, 0.1) is 23.6 Å². The smallest absolute Gasteiger partial charge is 0.344 e. The normalized spacial score (nSPS) is 22.7. The van der Waals surface area contributed by atoms with Gasteiger partial charge in [0.2, 0.25) is 5.91 Å². The van der Waals surface area contributed by atoms with Crippen LogP contribution in [0.4, 0.5) is 13.2 Å². The number of hydrogen-bond donors (Lipinski definition) is 2. The lowest BCUT2D eigenvalue weighted by Gasteiger charge is -2.30. The summed E-state index contributed by atoms with van der Waals surface area (Å²) in [5.74, 6) is 0.0551. The van der Waals surface area contributed by atoms with E-state index in [-0.39, 0.29) is 31.2 Å². The highest BCUT2D eigenvalue weighted by atomic mass is 19.4. The summed E-state index contributed by atoms with van der Waals surface area (Å²) in [6.07, 6.45) is 3.86. The summed E-state index contributed by atoms with van der Waals surface area (Å²) in [5, 5.41) is 14.2. The Morgan fingerprint density at radius 1 is 1.13 bits per heavy atom. The first kappa shape index (κ1) is 25.8. The molecule has 3 fully saturated rings. The summed E-state index contributed by atoms with van der Waals surface area (Å²) in [4.78, 5) is 30.5. The third kappa shape index (κ3) is 5.38. The molecule has 208 valence electrons. The standard InChI is InChI=1S/C27H32F3N7O2/c1-2-36-20(11-12-31-36)26(39)34-24(23(15-3-4-15)16-5-6-16)19-14-37-22(32-19)10-8-18(35-37)13-17-7-9-21(27(28,29)30)33-25(17)38/h8,10-12,14-17,21,23-24H,2-7,9,13H2,1H3,(H,33,38)(H,34,39). The molecule has 3 aliphatic rings. The van der Waals surface area contributed by atoms with Gasteiger partial charge in [-0.05, 0) is 81.4 Å². The number of nitrogens with one attached hydrogen (secondary N) is 2. The van der Waals surface area contributed by atoms with E-state index in [0.717, 1.165) is 31.4 Å². The maximum absolute atomic E-state index is 13.3. The largest absolute Gasteiger partial charge is 0.408 e. The molecule has 3 aromatic rings. The number of carbonyl (C=O) groups is 2. The lowest BCUT2D eigenvalue weighted by Crippen LogP contribution is -2.51. The van der Waals surface area contributed by atoms with Crippen LogP contribution >= 0.6 is 0 Å². The monoisotopic (exact) mass is 543 g/mol. The Balaban J connectivity index is 1.24. The van der Waals surface area contributed by atoms with Gasteiger partial charge in [-0.25, -0.2) is 9.50 Å². The molecule has 2 N–H and O–H groups in total. The van der Waals surface area contributed by atoms with Gasteiger partial charge in [-0.2, -0.15) is 23.4 Å². The number of imidazole rings is 1. The maximum atomic E-state index is 13.3. The van der Waals surface area contributed by atoms with E-state index in [0.29, 0.717) is 41.3 Å². The van der Waals surface area contributed by atoms with Crippen LogP contribution in [0, 0.1) is 23.7 Å². The quantitative estimate of drug-likeness (QED) is 0.427. The first-order chi connectivity index (χ1) is 18.7. The van der Waals surface area contributed by atoms with Crippen molar-refractivity contribution < 1.29 is 22.8 Å². The van der Waals surface area contributed by atoms with Crippen LogP contribution in [-0.4, -0.2) is 48.4 Å². The van der Waals surface area contributed by atoms with E-state index in [4.69, 9.17) is 4.98 Å². The Bertz CT molecular complexity index is 1360. The van der Waals surface area contributed by atoms with E-state index in [1.54, 1.807) is 33.6 Å². The van der Waals surface area contributed by atoms with Crippen LogP contribution in [0.1, 0.15) is 73.4 Å². The SMILES string of the molecule is CCn1nccc1C(=O)NC(c1cn2nc(CC3CCC(C(F)(F)F)NC3=O)ccc2n1)C(C1CC1)C1CC1. The topological polar surface area (TPSA) is 106 Å². The second-order valence-corrected chi connectivity index (χ2v) is 11.1. The Kier molecular flexibility index (Phi) is 6.58. The molecule has 4 heterocycles. The second-order valence-electron chi connectivity index (χ2n) is 11.1. The minimum absolute atomic E-state index is 0.139. The first-order valence-corrected chi connectivity index (χ1v) is 13.8. The van der Waals surface area contributed by atoms with Crippen LogP contribution < -0.4 is 10.6 Å². The number of hydrogen-bond acceptors (Lipinski definition) is 5. The minimum atomic E-state index is -4.44. The number of aromatic nitrogens is 5. The molecule has 2 amide bonds. The van der Waals surface area contributed by atoms with Gasteiger partial charge in [0.1, 0.15) is 11.7 Å². The van der Waals surface area contributed by atoms with E-state index in [2.05, 4.69) is 20.8 Å². The van der Waals surface area contributed by atoms with Crippen LogP contribution in [0.3, 0.4) is 0 Å². The van der Waals surface area contributed by atoms with Gasteiger partial charge in [0, 0.05) is 25.1 Å². The molecular weight excluding hydrogens is 511 g/mol. The predicted molar refractivity (Wildman–Crippen MR) is 134 cm³/mol. The Morgan fingerprint density at radius 2 is 1.87 bits per heavy atom. The second kappa shape index (κ2) is 9.95. The number of amides is 2. The molecular formula is C27H32F3N7O2. The summed E-state index contributed by atoms with van der Waals surface area (Å²) in [7, 11) is 0. The van der Waals surface area contributed by atoms with Crippen molar-refractivity contribution >= 4 is 17.5 Å². The third-order valence-corrected chi connectivity index (χ3v) is 8.31. The summed E-state index contributed by atoms with van der Waals surface area (Å²) < 4.78 is 42.3. The van der Waals surface area contributed by atoms with Gasteiger partial charge >= 0.3 is 6.18 Å². The highest BCUT2D eigenvalue weighted by molar-refractivity contribution is 5.92. The molecule has 9 nitrogen and oxygen atoms in total. The highest BCUT2D eigenvalue weighted by Crippen LogP contribution is 2.54. The lowest BCUT2D eigenvalue weighted by atomic mass is 9.87. The Hall–Kier alpha value is -3.44. The van der Waals surface area contributed by atoms with Crippen LogP contribution in [0.5, 0.6) is 0 Å². The molecule has 3 aromatic heterocycles. The van der Waals surface area contributed by atoms with Crippen molar-refractivity contribution in [3.8, 4) is 0 Å².